The molecule has 78 valence electrons. The van der Waals surface area contributed by atoms with E-state index in [0.717, 1.165) is 22.2 Å². The van der Waals surface area contributed by atoms with Crippen LogP contribution in [-0.2, 0) is 6.42 Å². The summed E-state index contributed by atoms with van der Waals surface area (Å²) in [6, 6.07) is 4.98. The summed E-state index contributed by atoms with van der Waals surface area (Å²) >= 11 is 4.96. The third-order valence-corrected chi connectivity index (χ3v) is 3.02. The fourth-order valence-corrected chi connectivity index (χ4v) is 2.36. The van der Waals surface area contributed by atoms with E-state index < -0.39 is 0 Å². The van der Waals surface area contributed by atoms with Crippen LogP contribution in [0.15, 0.2) is 22.7 Å². The minimum absolute atomic E-state index is 0.0960. The van der Waals surface area contributed by atoms with Crippen molar-refractivity contribution in [1.29, 1.82) is 0 Å². The van der Waals surface area contributed by atoms with Gasteiger partial charge in [-0.15, -0.1) is 0 Å². The van der Waals surface area contributed by atoms with E-state index >= 15 is 0 Å². The van der Waals surface area contributed by atoms with Crippen LogP contribution in [0.2, 0.25) is 0 Å². The second-order valence-electron chi connectivity index (χ2n) is 3.20. The van der Waals surface area contributed by atoms with Gasteiger partial charge >= 0.3 is 0 Å². The van der Waals surface area contributed by atoms with E-state index in [1.807, 2.05) is 12.3 Å². The van der Waals surface area contributed by atoms with Crippen LogP contribution in [0.4, 0.5) is 4.39 Å². The Hall–Kier alpha value is -0.0600. The van der Waals surface area contributed by atoms with Gasteiger partial charge in [0.1, 0.15) is 5.82 Å². The average molecular weight is 278 g/mol. The van der Waals surface area contributed by atoms with Crippen molar-refractivity contribution in [3.63, 3.8) is 0 Å². The molecule has 4 heteroatoms. The Kier molecular flexibility index (Phi) is 4.92. The summed E-state index contributed by atoms with van der Waals surface area (Å²) in [5, 5.41) is 0. The Labute approximate surface area is 96.4 Å². The molecule has 0 aromatic heterocycles. The van der Waals surface area contributed by atoms with Gasteiger partial charge in [0.15, 0.2) is 0 Å². The van der Waals surface area contributed by atoms with Crippen molar-refractivity contribution in [2.75, 3.05) is 12.0 Å². The van der Waals surface area contributed by atoms with Crippen molar-refractivity contribution >= 4 is 27.7 Å². The standard InChI is InChI=1S/C10H13BrFNS/c1-14-6-10(13)4-7-2-8(11)5-9(12)3-7/h2-3,5,10H,4,6,13H2,1H3. The molecule has 0 heterocycles. The van der Waals surface area contributed by atoms with Crippen LogP contribution < -0.4 is 5.73 Å². The zero-order chi connectivity index (χ0) is 10.6. The molecule has 0 saturated carbocycles. The minimum atomic E-state index is -0.217. The molecule has 1 aromatic rings. The third kappa shape index (κ3) is 3.98. The van der Waals surface area contributed by atoms with Crippen LogP contribution >= 0.6 is 27.7 Å². The normalized spacial score (nSPS) is 12.9. The van der Waals surface area contributed by atoms with Crippen LogP contribution in [0.3, 0.4) is 0 Å². The van der Waals surface area contributed by atoms with E-state index in [0.29, 0.717) is 0 Å². The number of hydrogen-bond acceptors (Lipinski definition) is 2. The molecule has 0 spiro atoms. The molecule has 0 saturated heterocycles. The first kappa shape index (κ1) is 12.0. The van der Waals surface area contributed by atoms with E-state index in [1.54, 1.807) is 11.8 Å². The van der Waals surface area contributed by atoms with E-state index in [-0.39, 0.29) is 11.9 Å². The van der Waals surface area contributed by atoms with Crippen molar-refractivity contribution < 1.29 is 4.39 Å². The van der Waals surface area contributed by atoms with Crippen molar-refractivity contribution in [2.45, 2.75) is 12.5 Å². The van der Waals surface area contributed by atoms with Crippen LogP contribution in [0, 0.1) is 5.82 Å². The summed E-state index contributed by atoms with van der Waals surface area (Å²) < 4.78 is 13.8. The fraction of sp³-hybridized carbons (Fsp3) is 0.400. The maximum atomic E-state index is 13.0. The SMILES string of the molecule is CSCC(N)Cc1cc(F)cc(Br)c1. The highest BCUT2D eigenvalue weighted by Gasteiger charge is 2.05. The summed E-state index contributed by atoms with van der Waals surface area (Å²) in [7, 11) is 0. The number of halogens is 2. The zero-order valence-electron chi connectivity index (χ0n) is 7.97. The molecule has 0 bridgehead atoms. The van der Waals surface area contributed by atoms with Crippen molar-refractivity contribution in [3.8, 4) is 0 Å². The second-order valence-corrected chi connectivity index (χ2v) is 5.02. The predicted octanol–water partition coefficient (Wildman–Crippen LogP) is 2.82. The smallest absolute Gasteiger partial charge is 0.124 e. The quantitative estimate of drug-likeness (QED) is 0.916. The van der Waals surface area contributed by atoms with Gasteiger partial charge in [0, 0.05) is 16.3 Å². The predicted molar refractivity (Wildman–Crippen MR) is 64.2 cm³/mol. The number of thioether (sulfide) groups is 1. The van der Waals surface area contributed by atoms with Gasteiger partial charge < -0.3 is 5.73 Å². The highest BCUT2D eigenvalue weighted by molar-refractivity contribution is 9.10. The molecule has 0 aliphatic heterocycles. The lowest BCUT2D eigenvalue weighted by molar-refractivity contribution is 0.622. The number of nitrogens with two attached hydrogens (primary N) is 1. The molecule has 1 rings (SSSR count). The van der Waals surface area contributed by atoms with E-state index in [4.69, 9.17) is 5.73 Å². The number of hydrogen-bond donors (Lipinski definition) is 1. The van der Waals surface area contributed by atoms with Gasteiger partial charge in [0.2, 0.25) is 0 Å². The lowest BCUT2D eigenvalue weighted by Crippen LogP contribution is -2.25. The molecular weight excluding hydrogens is 265 g/mol. The summed E-state index contributed by atoms with van der Waals surface area (Å²) in [4.78, 5) is 0. The maximum absolute atomic E-state index is 13.0. The molecule has 1 aromatic carbocycles. The van der Waals surface area contributed by atoms with Gasteiger partial charge in [-0.3, -0.25) is 0 Å². The topological polar surface area (TPSA) is 26.0 Å². The average Bonchev–Trinajstić information content (AvgIpc) is 2.01. The first-order chi connectivity index (χ1) is 6.61. The number of benzene rings is 1. The summed E-state index contributed by atoms with van der Waals surface area (Å²) in [5.74, 6) is 0.680. The molecule has 0 aliphatic carbocycles. The van der Waals surface area contributed by atoms with Crippen molar-refractivity contribution in [2.24, 2.45) is 5.73 Å². The first-order valence-corrected chi connectivity index (χ1v) is 6.50. The van der Waals surface area contributed by atoms with Gasteiger partial charge in [-0.05, 0) is 36.4 Å². The van der Waals surface area contributed by atoms with E-state index in [2.05, 4.69) is 15.9 Å². The summed E-state index contributed by atoms with van der Waals surface area (Å²) in [5.41, 5.74) is 6.80. The number of rotatable bonds is 4. The molecule has 0 amide bonds. The Balaban J connectivity index is 2.66. The second kappa shape index (κ2) is 5.73. The molecule has 0 radical (unpaired) electrons. The van der Waals surface area contributed by atoms with Crippen LogP contribution in [0.1, 0.15) is 5.56 Å². The fourth-order valence-electron chi connectivity index (χ4n) is 1.30. The van der Waals surface area contributed by atoms with Crippen LogP contribution in [0.5, 0.6) is 0 Å². The molecule has 1 atom stereocenters. The Morgan fingerprint density at radius 2 is 2.21 bits per heavy atom. The highest BCUT2D eigenvalue weighted by atomic mass is 79.9. The molecule has 1 unspecified atom stereocenters. The monoisotopic (exact) mass is 277 g/mol. The zero-order valence-corrected chi connectivity index (χ0v) is 10.4. The Morgan fingerprint density at radius 1 is 1.50 bits per heavy atom. The maximum Gasteiger partial charge on any atom is 0.124 e. The summed E-state index contributed by atoms with van der Waals surface area (Å²) in [6.07, 6.45) is 2.73. The molecule has 14 heavy (non-hydrogen) atoms. The third-order valence-electron chi connectivity index (χ3n) is 1.80. The first-order valence-electron chi connectivity index (χ1n) is 4.31. The van der Waals surface area contributed by atoms with Gasteiger partial charge in [-0.1, -0.05) is 15.9 Å². The molecule has 2 N–H and O–H groups in total. The minimum Gasteiger partial charge on any atom is -0.327 e. The lowest BCUT2D eigenvalue weighted by atomic mass is 10.1. The largest absolute Gasteiger partial charge is 0.327 e. The summed E-state index contributed by atoms with van der Waals surface area (Å²) in [6.45, 7) is 0. The van der Waals surface area contributed by atoms with Gasteiger partial charge in [-0.2, -0.15) is 11.8 Å². The molecule has 0 fully saturated rings. The molecular formula is C10H13BrFNS. The van der Waals surface area contributed by atoms with Gasteiger partial charge in [0.25, 0.3) is 0 Å². The van der Waals surface area contributed by atoms with E-state index in [1.165, 1.54) is 12.1 Å². The van der Waals surface area contributed by atoms with Crippen LogP contribution in [-0.4, -0.2) is 18.1 Å². The van der Waals surface area contributed by atoms with Crippen molar-refractivity contribution in [3.05, 3.63) is 34.1 Å². The van der Waals surface area contributed by atoms with Gasteiger partial charge in [-0.25, -0.2) is 4.39 Å². The van der Waals surface area contributed by atoms with E-state index in [9.17, 15) is 4.39 Å². The Bertz CT molecular complexity index is 286. The highest BCUT2D eigenvalue weighted by Crippen LogP contribution is 2.16. The van der Waals surface area contributed by atoms with Crippen LogP contribution in [0.25, 0.3) is 0 Å². The molecule has 1 nitrogen and oxygen atoms in total. The Morgan fingerprint density at radius 3 is 2.79 bits per heavy atom. The van der Waals surface area contributed by atoms with Crippen molar-refractivity contribution in [1.82, 2.24) is 0 Å². The van der Waals surface area contributed by atoms with Gasteiger partial charge in [0.05, 0.1) is 0 Å². The molecule has 0 aliphatic rings. The lowest BCUT2D eigenvalue weighted by Gasteiger charge is -2.10.